The maximum atomic E-state index is 12.8. The average molecular weight is 381 g/mol. The number of oxazole rings is 1. The predicted molar refractivity (Wildman–Crippen MR) is 106 cm³/mol. The van der Waals surface area contributed by atoms with Gasteiger partial charge in [0.05, 0.1) is 0 Å². The number of benzene rings is 2. The van der Waals surface area contributed by atoms with Gasteiger partial charge in [0.15, 0.2) is 5.58 Å². The number of nitrogen functional groups attached to an aromatic ring is 1. The van der Waals surface area contributed by atoms with Gasteiger partial charge in [-0.1, -0.05) is 30.3 Å². The molecule has 0 aliphatic heterocycles. The highest BCUT2D eigenvalue weighted by Gasteiger charge is 2.27. The molecule has 1 amide bonds. The molecule has 1 atom stereocenters. The Bertz CT molecular complexity index is 990. The predicted octanol–water partition coefficient (Wildman–Crippen LogP) is 3.09. The fraction of sp³-hybridized carbons (Fsp3) is 0.286. The van der Waals surface area contributed by atoms with Crippen LogP contribution in [0.4, 0.5) is 6.01 Å². The number of esters is 1. The topological polar surface area (TPSA) is 107 Å². The molecule has 146 valence electrons. The van der Waals surface area contributed by atoms with Gasteiger partial charge in [-0.2, -0.15) is 4.98 Å². The average Bonchev–Trinajstić information content (AvgIpc) is 2.99. The van der Waals surface area contributed by atoms with Crippen LogP contribution in [0.2, 0.25) is 0 Å². The minimum absolute atomic E-state index is 0.0308. The number of carbonyl (C=O) groups excluding carboxylic acids is 2. The van der Waals surface area contributed by atoms with E-state index >= 15 is 0 Å². The van der Waals surface area contributed by atoms with E-state index in [1.807, 2.05) is 30.3 Å². The molecule has 0 aliphatic carbocycles. The van der Waals surface area contributed by atoms with Gasteiger partial charge in [0.1, 0.15) is 17.2 Å². The zero-order chi connectivity index (χ0) is 20.3. The minimum atomic E-state index is -0.827. The molecule has 1 aromatic heterocycles. The quantitative estimate of drug-likeness (QED) is 0.658. The van der Waals surface area contributed by atoms with E-state index in [1.54, 1.807) is 39.0 Å². The van der Waals surface area contributed by atoms with E-state index in [2.05, 4.69) is 10.3 Å². The highest BCUT2D eigenvalue weighted by atomic mass is 16.6. The number of nitrogens with two attached hydrogens (primary N) is 1. The lowest BCUT2D eigenvalue weighted by molar-refractivity contribution is -0.157. The molecule has 0 radical (unpaired) electrons. The van der Waals surface area contributed by atoms with E-state index in [0.717, 1.165) is 5.56 Å². The Hall–Kier alpha value is -3.35. The van der Waals surface area contributed by atoms with Crippen molar-refractivity contribution in [3.05, 3.63) is 59.7 Å². The van der Waals surface area contributed by atoms with Gasteiger partial charge in [-0.05, 0) is 44.5 Å². The van der Waals surface area contributed by atoms with Gasteiger partial charge in [-0.15, -0.1) is 0 Å². The largest absolute Gasteiger partial charge is 0.458 e. The third kappa shape index (κ3) is 4.88. The monoisotopic (exact) mass is 381 g/mol. The number of anilines is 1. The van der Waals surface area contributed by atoms with E-state index in [-0.39, 0.29) is 6.01 Å². The van der Waals surface area contributed by atoms with Crippen LogP contribution >= 0.6 is 0 Å². The van der Waals surface area contributed by atoms with Crippen LogP contribution in [0.1, 0.15) is 36.7 Å². The first-order chi connectivity index (χ1) is 13.2. The second kappa shape index (κ2) is 7.72. The summed E-state index contributed by atoms with van der Waals surface area (Å²) < 4.78 is 10.7. The van der Waals surface area contributed by atoms with Crippen LogP contribution in [0.5, 0.6) is 0 Å². The van der Waals surface area contributed by atoms with E-state index in [9.17, 15) is 9.59 Å². The zero-order valence-corrected chi connectivity index (χ0v) is 16.1. The first-order valence-electron chi connectivity index (χ1n) is 8.95. The van der Waals surface area contributed by atoms with Crippen LogP contribution < -0.4 is 11.1 Å². The molecule has 0 aliphatic rings. The van der Waals surface area contributed by atoms with Crippen LogP contribution in [0.3, 0.4) is 0 Å². The number of hydrogen-bond donors (Lipinski definition) is 2. The Morgan fingerprint density at radius 2 is 1.89 bits per heavy atom. The number of amides is 1. The number of fused-ring (bicyclic) bond motifs is 1. The molecule has 0 saturated heterocycles. The molecule has 0 fully saturated rings. The number of rotatable bonds is 5. The van der Waals surface area contributed by atoms with Gasteiger partial charge in [0.2, 0.25) is 0 Å². The molecule has 7 nitrogen and oxygen atoms in total. The number of ether oxygens (including phenoxy) is 1. The Morgan fingerprint density at radius 1 is 1.18 bits per heavy atom. The third-order valence-electron chi connectivity index (χ3n) is 3.95. The second-order valence-corrected chi connectivity index (χ2v) is 7.48. The van der Waals surface area contributed by atoms with Crippen molar-refractivity contribution in [2.45, 2.75) is 38.8 Å². The fourth-order valence-corrected chi connectivity index (χ4v) is 2.74. The lowest BCUT2D eigenvalue weighted by Crippen LogP contribution is -2.45. The van der Waals surface area contributed by atoms with Crippen molar-refractivity contribution in [2.24, 2.45) is 0 Å². The summed E-state index contributed by atoms with van der Waals surface area (Å²) >= 11 is 0. The van der Waals surface area contributed by atoms with Crippen molar-refractivity contribution in [3.8, 4) is 0 Å². The van der Waals surface area contributed by atoms with Crippen LogP contribution in [-0.4, -0.2) is 28.5 Å². The molecule has 0 bridgehead atoms. The number of aromatic nitrogens is 1. The normalized spacial score (nSPS) is 12.5. The smallest absolute Gasteiger partial charge is 0.329 e. The van der Waals surface area contributed by atoms with Crippen molar-refractivity contribution >= 4 is 29.0 Å². The number of carbonyl (C=O) groups is 2. The summed E-state index contributed by atoms with van der Waals surface area (Å²) in [4.78, 5) is 29.4. The number of nitrogens with zero attached hydrogens (tertiary/aromatic N) is 1. The SMILES string of the molecule is CC(C)(C)OC(=O)C(Cc1ccccc1)NC(=O)c1ccc2oc(N)nc2c1. The Kier molecular flexibility index (Phi) is 5.35. The molecule has 1 unspecified atom stereocenters. The molecule has 0 spiro atoms. The molecule has 28 heavy (non-hydrogen) atoms. The Morgan fingerprint density at radius 3 is 2.57 bits per heavy atom. The molecule has 3 N–H and O–H groups in total. The van der Waals surface area contributed by atoms with Gasteiger partial charge in [0, 0.05) is 12.0 Å². The Balaban J connectivity index is 1.81. The molecule has 3 aromatic rings. The van der Waals surface area contributed by atoms with Crippen LogP contribution in [0.15, 0.2) is 52.9 Å². The highest BCUT2D eigenvalue weighted by molar-refractivity contribution is 5.99. The van der Waals surface area contributed by atoms with Crippen molar-refractivity contribution in [1.82, 2.24) is 10.3 Å². The number of nitrogens with one attached hydrogen (secondary N) is 1. The minimum Gasteiger partial charge on any atom is -0.458 e. The molecule has 2 aromatic carbocycles. The van der Waals surface area contributed by atoms with Gasteiger partial charge >= 0.3 is 5.97 Å². The van der Waals surface area contributed by atoms with Crippen molar-refractivity contribution in [1.29, 1.82) is 0 Å². The number of hydrogen-bond acceptors (Lipinski definition) is 6. The first-order valence-corrected chi connectivity index (χ1v) is 8.95. The van der Waals surface area contributed by atoms with Gasteiger partial charge in [-0.25, -0.2) is 4.79 Å². The lowest BCUT2D eigenvalue weighted by atomic mass is 10.0. The van der Waals surface area contributed by atoms with E-state index in [4.69, 9.17) is 14.9 Å². The molecular formula is C21H23N3O4. The van der Waals surface area contributed by atoms with Crippen molar-refractivity contribution in [2.75, 3.05) is 5.73 Å². The van der Waals surface area contributed by atoms with Gasteiger partial charge in [0.25, 0.3) is 11.9 Å². The van der Waals surface area contributed by atoms with Gasteiger partial charge in [-0.3, -0.25) is 4.79 Å². The second-order valence-electron chi connectivity index (χ2n) is 7.48. The standard InChI is InChI=1S/C21H23N3O4/c1-21(2,3)28-19(26)16(11-13-7-5-4-6-8-13)23-18(25)14-9-10-17-15(12-14)24-20(22)27-17/h4-10,12,16H,11H2,1-3H3,(H2,22,24)(H,23,25). The Labute approximate surface area is 162 Å². The summed E-state index contributed by atoms with van der Waals surface area (Å²) in [5, 5.41) is 2.77. The maximum absolute atomic E-state index is 12.8. The first kappa shape index (κ1) is 19.4. The summed E-state index contributed by atoms with van der Waals surface area (Å²) in [5.41, 5.74) is 7.11. The fourth-order valence-electron chi connectivity index (χ4n) is 2.74. The summed E-state index contributed by atoms with van der Waals surface area (Å²) in [6, 6.07) is 13.4. The summed E-state index contributed by atoms with van der Waals surface area (Å²) in [6.45, 7) is 5.36. The molecule has 7 heteroatoms. The highest BCUT2D eigenvalue weighted by Crippen LogP contribution is 2.19. The molecular weight excluding hydrogens is 358 g/mol. The lowest BCUT2D eigenvalue weighted by Gasteiger charge is -2.24. The van der Waals surface area contributed by atoms with E-state index in [1.165, 1.54) is 0 Å². The zero-order valence-electron chi connectivity index (χ0n) is 16.1. The van der Waals surface area contributed by atoms with E-state index in [0.29, 0.717) is 23.1 Å². The maximum Gasteiger partial charge on any atom is 0.329 e. The van der Waals surface area contributed by atoms with Crippen LogP contribution in [0, 0.1) is 0 Å². The van der Waals surface area contributed by atoms with Gasteiger partial charge < -0.3 is 20.2 Å². The summed E-state index contributed by atoms with van der Waals surface area (Å²) in [6.07, 6.45) is 0.320. The van der Waals surface area contributed by atoms with Crippen LogP contribution in [0.25, 0.3) is 11.1 Å². The van der Waals surface area contributed by atoms with Crippen LogP contribution in [-0.2, 0) is 16.0 Å². The van der Waals surface area contributed by atoms with E-state index < -0.39 is 23.5 Å². The molecule has 3 rings (SSSR count). The summed E-state index contributed by atoms with van der Waals surface area (Å²) in [7, 11) is 0. The summed E-state index contributed by atoms with van der Waals surface area (Å²) in [5.74, 6) is -0.897. The van der Waals surface area contributed by atoms with Crippen molar-refractivity contribution < 1.29 is 18.7 Å². The van der Waals surface area contributed by atoms with Crippen molar-refractivity contribution in [3.63, 3.8) is 0 Å². The molecule has 1 heterocycles. The molecule has 0 saturated carbocycles. The third-order valence-corrected chi connectivity index (χ3v) is 3.95.